The third kappa shape index (κ3) is 5.08. The zero-order valence-corrected chi connectivity index (χ0v) is 21.0. The van der Waals surface area contributed by atoms with E-state index in [2.05, 4.69) is 15.5 Å². The highest BCUT2D eigenvalue weighted by molar-refractivity contribution is 7.18. The molecule has 188 valence electrons. The van der Waals surface area contributed by atoms with E-state index < -0.39 is 30.4 Å². The lowest BCUT2D eigenvalue weighted by Crippen LogP contribution is -2.68. The summed E-state index contributed by atoms with van der Waals surface area (Å²) in [6.45, 7) is 1.77. The Morgan fingerprint density at radius 2 is 2.03 bits per heavy atom. The second-order valence-corrected chi connectivity index (χ2v) is 10.5. The van der Waals surface area contributed by atoms with E-state index in [9.17, 15) is 14.4 Å². The highest BCUT2D eigenvalue weighted by Crippen LogP contribution is 2.43. The van der Waals surface area contributed by atoms with Crippen LogP contribution < -0.4 is 16.5 Å². The van der Waals surface area contributed by atoms with Crippen molar-refractivity contribution in [3.63, 3.8) is 0 Å². The molecule has 2 fully saturated rings. The molecule has 1 unspecified atom stereocenters. The Morgan fingerprint density at radius 1 is 1.28 bits per heavy atom. The fourth-order valence-corrected chi connectivity index (χ4v) is 5.43. The summed E-state index contributed by atoms with van der Waals surface area (Å²) in [6.07, 6.45) is 1.30. The van der Waals surface area contributed by atoms with Crippen LogP contribution in [0.1, 0.15) is 42.7 Å². The van der Waals surface area contributed by atoms with Crippen LogP contribution in [0.25, 0.3) is 10.2 Å². The Labute approximate surface area is 216 Å². The topological polar surface area (TPSA) is 130 Å². The van der Waals surface area contributed by atoms with Gasteiger partial charge in [-0.3, -0.25) is 15.0 Å². The number of urea groups is 2. The Balaban J connectivity index is 1.41. The molecule has 0 radical (unpaired) electrons. The quantitative estimate of drug-likeness (QED) is 0.370. The number of nitrogens with two attached hydrogens (primary N) is 1. The van der Waals surface area contributed by atoms with Crippen LogP contribution in [-0.2, 0) is 16.2 Å². The van der Waals surface area contributed by atoms with Crippen molar-refractivity contribution in [1.82, 2.24) is 20.1 Å². The monoisotopic (exact) mass is 528 g/mol. The maximum absolute atomic E-state index is 13.6. The third-order valence-electron chi connectivity index (χ3n) is 6.18. The molecule has 36 heavy (non-hydrogen) atoms. The number of imide groups is 1. The minimum absolute atomic E-state index is 0.188. The van der Waals surface area contributed by atoms with Gasteiger partial charge in [0.25, 0.3) is 0 Å². The molecule has 1 saturated carbocycles. The number of nitrogens with zero attached hydrogens (tertiary/aromatic N) is 3. The number of rotatable bonds is 8. The van der Waals surface area contributed by atoms with Gasteiger partial charge in [-0.05, 0) is 55.7 Å². The Morgan fingerprint density at radius 3 is 2.72 bits per heavy atom. The van der Waals surface area contributed by atoms with Crippen molar-refractivity contribution in [2.75, 3.05) is 5.32 Å². The molecular formula is C24H25ClN6O4S. The van der Waals surface area contributed by atoms with E-state index in [1.54, 1.807) is 30.4 Å². The molecule has 0 bridgehead atoms. The smallest absolute Gasteiger partial charge is 0.331 e. The summed E-state index contributed by atoms with van der Waals surface area (Å²) in [5, 5.41) is 7.83. The SMILES string of the molecule is C[C@@H](CC(=O)ON)N1C(=O)NC(Nc2ccc3nc(C4CC4)sc3c2)N(Cc2ccc(Cl)cc2)C1=O. The molecule has 2 atom stereocenters. The number of benzene rings is 2. The number of amides is 4. The number of nitrogens with one attached hydrogen (secondary N) is 2. The van der Waals surface area contributed by atoms with Gasteiger partial charge in [0.1, 0.15) is 0 Å². The minimum atomic E-state index is -0.834. The van der Waals surface area contributed by atoms with Crippen molar-refractivity contribution in [1.29, 1.82) is 0 Å². The number of hydrogen-bond donors (Lipinski definition) is 3. The first kappa shape index (κ1) is 24.3. The Kier molecular flexibility index (Phi) is 6.69. The molecule has 2 aromatic carbocycles. The number of hydrogen-bond acceptors (Lipinski definition) is 8. The molecule has 2 aliphatic rings. The van der Waals surface area contributed by atoms with Crippen molar-refractivity contribution >= 4 is 56.9 Å². The average Bonchev–Trinajstić information content (AvgIpc) is 3.61. The van der Waals surface area contributed by atoms with Crippen LogP contribution in [0, 0.1) is 0 Å². The lowest BCUT2D eigenvalue weighted by Gasteiger charge is -2.43. The van der Waals surface area contributed by atoms with E-state index in [-0.39, 0.29) is 13.0 Å². The third-order valence-corrected chi connectivity index (χ3v) is 7.61. The molecule has 4 N–H and O–H groups in total. The molecule has 12 heteroatoms. The summed E-state index contributed by atoms with van der Waals surface area (Å²) < 4.78 is 1.04. The van der Waals surface area contributed by atoms with Gasteiger partial charge in [0, 0.05) is 16.6 Å². The van der Waals surface area contributed by atoms with Gasteiger partial charge in [0.15, 0.2) is 6.29 Å². The maximum atomic E-state index is 13.6. The van der Waals surface area contributed by atoms with Gasteiger partial charge in [0.05, 0.1) is 34.2 Å². The lowest BCUT2D eigenvalue weighted by atomic mass is 10.2. The number of fused-ring (bicyclic) bond motifs is 1. The number of thiazole rings is 1. The number of carbonyl (C=O) groups excluding carboxylic acids is 3. The fourth-order valence-electron chi connectivity index (χ4n) is 4.12. The van der Waals surface area contributed by atoms with Crippen LogP contribution in [0.2, 0.25) is 5.02 Å². The van der Waals surface area contributed by atoms with Crippen LogP contribution in [0.15, 0.2) is 42.5 Å². The second-order valence-electron chi connectivity index (χ2n) is 8.96. The normalized spacial score (nSPS) is 18.8. The first-order chi connectivity index (χ1) is 17.3. The molecule has 1 aliphatic carbocycles. The maximum Gasteiger partial charge on any atom is 0.331 e. The summed E-state index contributed by atoms with van der Waals surface area (Å²) in [6, 6.07) is 10.9. The van der Waals surface area contributed by atoms with Gasteiger partial charge in [-0.1, -0.05) is 23.7 Å². The molecule has 1 saturated heterocycles. The summed E-state index contributed by atoms with van der Waals surface area (Å²) in [4.78, 5) is 49.6. The first-order valence-electron chi connectivity index (χ1n) is 11.5. The number of anilines is 1. The van der Waals surface area contributed by atoms with Crippen molar-refractivity contribution in [3.8, 4) is 0 Å². The second kappa shape index (κ2) is 9.92. The molecule has 4 amide bonds. The van der Waals surface area contributed by atoms with Crippen molar-refractivity contribution in [2.24, 2.45) is 5.90 Å². The van der Waals surface area contributed by atoms with Gasteiger partial charge in [0.2, 0.25) is 0 Å². The average molecular weight is 529 g/mol. The molecule has 2 heterocycles. The van der Waals surface area contributed by atoms with E-state index in [0.29, 0.717) is 10.9 Å². The van der Waals surface area contributed by atoms with Crippen LogP contribution in [-0.4, -0.2) is 45.1 Å². The predicted molar refractivity (Wildman–Crippen MR) is 136 cm³/mol. The van der Waals surface area contributed by atoms with E-state index in [1.807, 2.05) is 30.3 Å². The summed E-state index contributed by atoms with van der Waals surface area (Å²) in [5.41, 5.74) is 2.48. The van der Waals surface area contributed by atoms with Gasteiger partial charge in [-0.2, -0.15) is 5.90 Å². The van der Waals surface area contributed by atoms with Crippen molar-refractivity contribution in [2.45, 2.75) is 51.0 Å². The van der Waals surface area contributed by atoms with E-state index in [0.717, 1.165) is 31.4 Å². The van der Waals surface area contributed by atoms with E-state index in [4.69, 9.17) is 22.5 Å². The van der Waals surface area contributed by atoms with Crippen LogP contribution in [0.3, 0.4) is 0 Å². The van der Waals surface area contributed by atoms with E-state index >= 15 is 0 Å². The number of carbonyl (C=O) groups is 3. The number of halogens is 1. The molecule has 5 rings (SSSR count). The van der Waals surface area contributed by atoms with Crippen LogP contribution in [0.5, 0.6) is 0 Å². The van der Waals surface area contributed by atoms with Gasteiger partial charge < -0.3 is 10.2 Å². The van der Waals surface area contributed by atoms with E-state index in [1.165, 1.54) is 17.7 Å². The van der Waals surface area contributed by atoms with Gasteiger partial charge in [-0.25, -0.2) is 19.5 Å². The van der Waals surface area contributed by atoms with Crippen LogP contribution in [0.4, 0.5) is 15.3 Å². The predicted octanol–water partition coefficient (Wildman–Crippen LogP) is 4.37. The highest BCUT2D eigenvalue weighted by atomic mass is 35.5. The first-order valence-corrected chi connectivity index (χ1v) is 12.7. The lowest BCUT2D eigenvalue weighted by molar-refractivity contribution is -0.145. The molecule has 3 aromatic rings. The van der Waals surface area contributed by atoms with Gasteiger partial charge in [-0.15, -0.1) is 11.3 Å². The Bertz CT molecular complexity index is 1310. The van der Waals surface area contributed by atoms with Gasteiger partial charge >= 0.3 is 18.0 Å². The molecule has 10 nitrogen and oxygen atoms in total. The summed E-state index contributed by atoms with van der Waals surface area (Å²) in [5.74, 6) is 4.78. The molecule has 0 spiro atoms. The molecule has 1 aromatic heterocycles. The zero-order chi connectivity index (χ0) is 25.4. The minimum Gasteiger partial charge on any atom is -0.373 e. The Hall–Kier alpha value is -3.41. The summed E-state index contributed by atoms with van der Waals surface area (Å²) >= 11 is 7.69. The standard InChI is InChI=1S/C24H25ClN6O4S/c1-13(10-20(32)35-26)31-23(33)29-22(30(24(31)34)12-14-2-6-16(25)7-3-14)27-17-8-9-18-19(11-17)36-21(28-18)15-4-5-15/h2-3,6-9,11,13,15,22,27H,4-5,10,12,26H2,1H3,(H,29,33)/t13-,22?/m0/s1. The molecular weight excluding hydrogens is 504 g/mol. The van der Waals surface area contributed by atoms with Crippen molar-refractivity contribution in [3.05, 3.63) is 58.1 Å². The summed E-state index contributed by atoms with van der Waals surface area (Å²) in [7, 11) is 0. The zero-order valence-electron chi connectivity index (χ0n) is 19.4. The largest absolute Gasteiger partial charge is 0.373 e. The fraction of sp³-hybridized carbons (Fsp3) is 0.333. The molecule has 1 aliphatic heterocycles. The van der Waals surface area contributed by atoms with Crippen LogP contribution >= 0.6 is 22.9 Å². The number of aromatic nitrogens is 1. The highest BCUT2D eigenvalue weighted by Gasteiger charge is 2.41. The van der Waals surface area contributed by atoms with Crippen molar-refractivity contribution < 1.29 is 19.2 Å².